The number of fused-ring (bicyclic) bond motifs is 1. The van der Waals surface area contributed by atoms with Crippen LogP contribution in [0, 0.1) is 0 Å². The lowest BCUT2D eigenvalue weighted by molar-refractivity contribution is 0.340. The van der Waals surface area contributed by atoms with Crippen LogP contribution in [0.3, 0.4) is 0 Å². The molecule has 2 aromatic carbocycles. The topological polar surface area (TPSA) is 73.1 Å². The first-order chi connectivity index (χ1) is 10.3. The first-order valence-electron chi connectivity index (χ1n) is 6.78. The van der Waals surface area contributed by atoms with E-state index < -0.39 is 0 Å². The molecule has 3 rings (SSSR count). The first-order valence-corrected chi connectivity index (χ1v) is 6.78. The standard InChI is InChI=1S/C16H16N4O/c1-2-21-12-9-7-11(8-10-12)18-15-13-5-3-4-6-14(13)19-16(17)20-15/h3-10H,2H2,1H3,(H3,17,18,19,20). The van der Waals surface area contributed by atoms with E-state index >= 15 is 0 Å². The molecule has 3 aromatic rings. The summed E-state index contributed by atoms with van der Waals surface area (Å²) >= 11 is 0. The molecular weight excluding hydrogens is 264 g/mol. The number of benzene rings is 2. The average Bonchev–Trinajstić information content (AvgIpc) is 2.49. The van der Waals surface area contributed by atoms with E-state index in [2.05, 4.69) is 15.3 Å². The molecule has 1 heterocycles. The van der Waals surface area contributed by atoms with Gasteiger partial charge in [0.25, 0.3) is 0 Å². The number of nitrogens with zero attached hydrogens (tertiary/aromatic N) is 2. The largest absolute Gasteiger partial charge is 0.494 e. The second kappa shape index (κ2) is 5.66. The molecule has 0 fully saturated rings. The molecule has 0 unspecified atom stereocenters. The number of ether oxygens (including phenoxy) is 1. The number of anilines is 3. The number of nitrogens with two attached hydrogens (primary N) is 1. The van der Waals surface area contributed by atoms with Gasteiger partial charge in [-0.2, -0.15) is 4.98 Å². The maximum atomic E-state index is 5.76. The Kier molecular flexibility index (Phi) is 3.55. The maximum Gasteiger partial charge on any atom is 0.222 e. The van der Waals surface area contributed by atoms with E-state index in [0.717, 1.165) is 22.3 Å². The van der Waals surface area contributed by atoms with Gasteiger partial charge in [0.1, 0.15) is 11.6 Å². The summed E-state index contributed by atoms with van der Waals surface area (Å²) in [7, 11) is 0. The van der Waals surface area contributed by atoms with Gasteiger partial charge in [-0.3, -0.25) is 0 Å². The Balaban J connectivity index is 1.94. The molecule has 1 aromatic heterocycles. The van der Waals surface area contributed by atoms with E-state index in [1.807, 2.05) is 55.5 Å². The summed E-state index contributed by atoms with van der Waals surface area (Å²) in [5.74, 6) is 1.79. The average molecular weight is 280 g/mol. The van der Waals surface area contributed by atoms with Crippen molar-refractivity contribution in [1.82, 2.24) is 9.97 Å². The Bertz CT molecular complexity index is 756. The van der Waals surface area contributed by atoms with Crippen LogP contribution in [-0.2, 0) is 0 Å². The van der Waals surface area contributed by atoms with Crippen LogP contribution >= 0.6 is 0 Å². The Morgan fingerprint density at radius 1 is 1.05 bits per heavy atom. The zero-order chi connectivity index (χ0) is 14.7. The Labute approximate surface area is 122 Å². The van der Waals surface area contributed by atoms with E-state index in [1.165, 1.54) is 0 Å². The van der Waals surface area contributed by atoms with Crippen molar-refractivity contribution < 1.29 is 4.74 Å². The van der Waals surface area contributed by atoms with Crippen molar-refractivity contribution in [1.29, 1.82) is 0 Å². The van der Waals surface area contributed by atoms with Crippen molar-refractivity contribution in [2.75, 3.05) is 17.7 Å². The van der Waals surface area contributed by atoms with Crippen molar-refractivity contribution in [2.24, 2.45) is 0 Å². The van der Waals surface area contributed by atoms with Gasteiger partial charge in [-0.15, -0.1) is 0 Å². The van der Waals surface area contributed by atoms with Gasteiger partial charge < -0.3 is 15.8 Å². The van der Waals surface area contributed by atoms with Crippen LogP contribution in [0.5, 0.6) is 5.75 Å². The van der Waals surface area contributed by atoms with Gasteiger partial charge in [0, 0.05) is 11.1 Å². The molecule has 0 aliphatic carbocycles. The molecule has 5 heteroatoms. The third-order valence-electron chi connectivity index (χ3n) is 3.05. The summed E-state index contributed by atoms with van der Waals surface area (Å²) in [6, 6.07) is 15.5. The number of aromatic nitrogens is 2. The molecule has 3 N–H and O–H groups in total. The zero-order valence-corrected chi connectivity index (χ0v) is 11.7. The fourth-order valence-corrected chi connectivity index (χ4v) is 2.13. The van der Waals surface area contributed by atoms with Gasteiger partial charge in [0.2, 0.25) is 5.95 Å². The number of rotatable bonds is 4. The summed E-state index contributed by atoms with van der Waals surface area (Å²) in [5, 5.41) is 4.20. The van der Waals surface area contributed by atoms with E-state index in [9.17, 15) is 0 Å². The molecule has 0 aliphatic heterocycles. The molecular formula is C16H16N4O. The van der Waals surface area contributed by atoms with Crippen LogP contribution < -0.4 is 15.8 Å². The quantitative estimate of drug-likeness (QED) is 0.766. The van der Waals surface area contributed by atoms with Crippen LogP contribution in [0.1, 0.15) is 6.92 Å². The predicted octanol–water partition coefficient (Wildman–Crippen LogP) is 3.35. The van der Waals surface area contributed by atoms with E-state index in [1.54, 1.807) is 0 Å². The summed E-state index contributed by atoms with van der Waals surface area (Å²) < 4.78 is 5.43. The van der Waals surface area contributed by atoms with Gasteiger partial charge in [-0.25, -0.2) is 4.98 Å². The molecule has 0 saturated heterocycles. The van der Waals surface area contributed by atoms with Crippen LogP contribution in [0.2, 0.25) is 0 Å². The third kappa shape index (κ3) is 2.86. The highest BCUT2D eigenvalue weighted by atomic mass is 16.5. The number of hydrogen-bond acceptors (Lipinski definition) is 5. The fourth-order valence-electron chi connectivity index (χ4n) is 2.13. The van der Waals surface area contributed by atoms with Gasteiger partial charge in [-0.05, 0) is 43.3 Å². The summed E-state index contributed by atoms with van der Waals surface area (Å²) in [6.45, 7) is 2.61. The van der Waals surface area contributed by atoms with Crippen LogP contribution in [0.4, 0.5) is 17.5 Å². The monoisotopic (exact) mass is 280 g/mol. The highest BCUT2D eigenvalue weighted by molar-refractivity contribution is 5.91. The molecule has 5 nitrogen and oxygen atoms in total. The van der Waals surface area contributed by atoms with E-state index in [4.69, 9.17) is 10.5 Å². The van der Waals surface area contributed by atoms with Crippen molar-refractivity contribution in [3.05, 3.63) is 48.5 Å². The maximum absolute atomic E-state index is 5.76. The molecule has 0 atom stereocenters. The fraction of sp³-hybridized carbons (Fsp3) is 0.125. The van der Waals surface area contributed by atoms with Crippen LogP contribution in [0.25, 0.3) is 10.9 Å². The molecule has 0 spiro atoms. The second-order valence-electron chi connectivity index (χ2n) is 4.53. The lowest BCUT2D eigenvalue weighted by Gasteiger charge is -2.10. The van der Waals surface area contributed by atoms with Gasteiger partial charge in [0.15, 0.2) is 0 Å². The molecule has 21 heavy (non-hydrogen) atoms. The zero-order valence-electron chi connectivity index (χ0n) is 11.7. The van der Waals surface area contributed by atoms with Crippen molar-refractivity contribution in [3.63, 3.8) is 0 Å². The molecule has 0 radical (unpaired) electrons. The third-order valence-corrected chi connectivity index (χ3v) is 3.05. The number of nitrogens with one attached hydrogen (secondary N) is 1. The summed E-state index contributed by atoms with van der Waals surface area (Å²) in [6.07, 6.45) is 0. The molecule has 106 valence electrons. The molecule has 0 aliphatic rings. The van der Waals surface area contributed by atoms with E-state index in [-0.39, 0.29) is 5.95 Å². The minimum Gasteiger partial charge on any atom is -0.494 e. The van der Waals surface area contributed by atoms with Gasteiger partial charge in [-0.1, -0.05) is 12.1 Å². The number of hydrogen-bond donors (Lipinski definition) is 2. The SMILES string of the molecule is CCOc1ccc(Nc2nc(N)nc3ccccc23)cc1. The Morgan fingerprint density at radius 3 is 2.57 bits per heavy atom. The molecule has 0 saturated carbocycles. The van der Waals surface area contributed by atoms with Gasteiger partial charge >= 0.3 is 0 Å². The minimum absolute atomic E-state index is 0.252. The second-order valence-corrected chi connectivity index (χ2v) is 4.53. The number of nitrogen functional groups attached to an aromatic ring is 1. The van der Waals surface area contributed by atoms with Crippen molar-refractivity contribution in [3.8, 4) is 5.75 Å². The van der Waals surface area contributed by atoms with Crippen LogP contribution in [-0.4, -0.2) is 16.6 Å². The Morgan fingerprint density at radius 2 is 1.81 bits per heavy atom. The normalized spacial score (nSPS) is 10.5. The van der Waals surface area contributed by atoms with Crippen LogP contribution in [0.15, 0.2) is 48.5 Å². The molecule has 0 amide bonds. The lowest BCUT2D eigenvalue weighted by Crippen LogP contribution is -2.01. The summed E-state index contributed by atoms with van der Waals surface area (Å²) in [4.78, 5) is 8.50. The Hall–Kier alpha value is -2.82. The van der Waals surface area contributed by atoms with Crippen molar-refractivity contribution in [2.45, 2.75) is 6.92 Å². The van der Waals surface area contributed by atoms with E-state index in [0.29, 0.717) is 12.4 Å². The smallest absolute Gasteiger partial charge is 0.222 e. The minimum atomic E-state index is 0.252. The predicted molar refractivity (Wildman–Crippen MR) is 84.8 cm³/mol. The molecule has 0 bridgehead atoms. The number of para-hydroxylation sites is 1. The summed E-state index contributed by atoms with van der Waals surface area (Å²) in [5.41, 5.74) is 7.50. The highest BCUT2D eigenvalue weighted by Gasteiger charge is 2.06. The van der Waals surface area contributed by atoms with Crippen molar-refractivity contribution >= 4 is 28.4 Å². The van der Waals surface area contributed by atoms with Gasteiger partial charge in [0.05, 0.1) is 12.1 Å². The highest BCUT2D eigenvalue weighted by Crippen LogP contribution is 2.25. The first kappa shape index (κ1) is 13.2. The lowest BCUT2D eigenvalue weighted by atomic mass is 10.2.